The van der Waals surface area contributed by atoms with E-state index in [2.05, 4.69) is 47.9 Å². The van der Waals surface area contributed by atoms with Gasteiger partial charge in [-0.2, -0.15) is 0 Å². The maximum absolute atomic E-state index is 10.9. The maximum Gasteiger partial charge on any atom is 0.305 e. The molecule has 1 fully saturated rings. The van der Waals surface area contributed by atoms with Gasteiger partial charge in [-0.1, -0.05) is 66.7 Å². The predicted octanol–water partition coefficient (Wildman–Crippen LogP) is 6.79. The van der Waals surface area contributed by atoms with Gasteiger partial charge in [-0.15, -0.1) is 0 Å². The van der Waals surface area contributed by atoms with E-state index in [0.29, 0.717) is 22.3 Å². The number of fused-ring (bicyclic) bond motifs is 1. The predicted molar refractivity (Wildman–Crippen MR) is 151 cm³/mol. The molecule has 0 amide bonds. The zero-order chi connectivity index (χ0) is 26.5. The lowest BCUT2D eigenvalue weighted by atomic mass is 9.89. The first kappa shape index (κ1) is 25.9. The topological polar surface area (TPSA) is 75.5 Å². The zero-order valence-corrected chi connectivity index (χ0v) is 21.9. The van der Waals surface area contributed by atoms with Crippen LogP contribution in [-0.2, 0) is 16.1 Å². The van der Waals surface area contributed by atoms with Gasteiger partial charge in [-0.3, -0.25) is 4.79 Å². The molecule has 1 aliphatic rings. The van der Waals surface area contributed by atoms with E-state index < -0.39 is 5.97 Å². The highest BCUT2D eigenvalue weighted by Gasteiger charge is 2.22. The number of hydrogen-bond donors (Lipinski definition) is 1. The van der Waals surface area contributed by atoms with Crippen LogP contribution in [0.25, 0.3) is 28.0 Å². The second-order valence-corrected chi connectivity index (χ2v) is 9.98. The van der Waals surface area contributed by atoms with Crippen molar-refractivity contribution in [3.63, 3.8) is 0 Å². The van der Waals surface area contributed by atoms with Crippen LogP contribution in [-0.4, -0.2) is 45.6 Å². The Balaban J connectivity index is 1.37. The summed E-state index contributed by atoms with van der Waals surface area (Å²) in [6.07, 6.45) is 2.12. The lowest BCUT2D eigenvalue weighted by Gasteiger charge is -2.35. The van der Waals surface area contributed by atoms with E-state index in [0.717, 1.165) is 53.8 Å². The van der Waals surface area contributed by atoms with Gasteiger partial charge in [0.1, 0.15) is 0 Å². The van der Waals surface area contributed by atoms with Crippen molar-refractivity contribution >= 4 is 34.3 Å². The summed E-state index contributed by atoms with van der Waals surface area (Å²) >= 11 is 6.09. The molecule has 0 atom stereocenters. The Morgan fingerprint density at radius 3 is 2.45 bits per heavy atom. The first-order valence-electron chi connectivity index (χ1n) is 12.8. The van der Waals surface area contributed by atoms with Gasteiger partial charge in [0.05, 0.1) is 42.1 Å². The summed E-state index contributed by atoms with van der Waals surface area (Å²) in [4.78, 5) is 23.1. The van der Waals surface area contributed by atoms with Crippen molar-refractivity contribution in [2.24, 2.45) is 0 Å². The quantitative estimate of drug-likeness (QED) is 0.241. The van der Waals surface area contributed by atoms with E-state index in [9.17, 15) is 4.79 Å². The van der Waals surface area contributed by atoms with Crippen LogP contribution in [0.3, 0.4) is 0 Å². The average Bonchev–Trinajstić information content (AvgIpc) is 2.95. The summed E-state index contributed by atoms with van der Waals surface area (Å²) < 4.78 is 5.65. The second-order valence-electron chi connectivity index (χ2n) is 9.54. The Kier molecular flexibility index (Phi) is 8.01. The normalized spacial score (nSPS) is 14.1. The van der Waals surface area contributed by atoms with E-state index in [1.54, 1.807) is 0 Å². The lowest BCUT2D eigenvalue weighted by molar-refractivity contribution is -0.138. The van der Waals surface area contributed by atoms with Gasteiger partial charge in [-0.05, 0) is 54.2 Å². The fourth-order valence-electron chi connectivity index (χ4n) is 4.93. The third kappa shape index (κ3) is 6.04. The van der Waals surface area contributed by atoms with Crippen molar-refractivity contribution < 1.29 is 14.6 Å². The first-order chi connectivity index (χ1) is 18.5. The Hall–Kier alpha value is -3.74. The number of nitrogens with zero attached hydrogens (tertiary/aromatic N) is 3. The number of carboxylic acid groups (broad SMARTS) is 1. The van der Waals surface area contributed by atoms with Crippen LogP contribution < -0.4 is 0 Å². The molecular weight excluding hydrogens is 498 g/mol. The largest absolute Gasteiger partial charge is 0.481 e. The molecular formula is C31H30ClN3O3. The standard InChI is InChI=1S/C31H30ClN3O3/c1-21(35-16-13-23(14-17-35)22-5-3-2-4-6-22)25-9-12-27-28(19-25)33-29(20-38-18-15-30(36)37)31(34-27)24-7-10-26(32)11-8-24/h2-12,19,23H,1,13-18,20H2,(H,36,37). The van der Waals surface area contributed by atoms with E-state index >= 15 is 0 Å². The molecule has 7 heteroatoms. The summed E-state index contributed by atoms with van der Waals surface area (Å²) in [6.45, 7) is 6.59. The number of aromatic nitrogens is 2. The van der Waals surface area contributed by atoms with Crippen molar-refractivity contribution in [1.82, 2.24) is 14.9 Å². The minimum atomic E-state index is -0.900. The molecule has 1 aliphatic heterocycles. The number of piperidine rings is 1. The Morgan fingerprint density at radius 2 is 1.74 bits per heavy atom. The number of carboxylic acids is 1. The monoisotopic (exact) mass is 527 g/mol. The van der Waals surface area contributed by atoms with Gasteiger partial charge in [-0.25, -0.2) is 9.97 Å². The average molecular weight is 528 g/mol. The van der Waals surface area contributed by atoms with E-state index in [-0.39, 0.29) is 19.6 Å². The fraction of sp³-hybridized carbons (Fsp3) is 0.258. The first-order valence-corrected chi connectivity index (χ1v) is 13.2. The minimum absolute atomic E-state index is 0.0672. The molecule has 0 spiro atoms. The van der Waals surface area contributed by atoms with Gasteiger partial charge in [0.15, 0.2) is 0 Å². The summed E-state index contributed by atoms with van der Waals surface area (Å²) in [5, 5.41) is 9.58. The van der Waals surface area contributed by atoms with E-state index in [1.807, 2.05) is 36.4 Å². The number of hydrogen-bond acceptors (Lipinski definition) is 5. The van der Waals surface area contributed by atoms with Crippen LogP contribution in [0, 0.1) is 0 Å². The molecule has 1 aromatic heterocycles. The van der Waals surface area contributed by atoms with Crippen LogP contribution in [0.15, 0.2) is 79.4 Å². The number of likely N-dealkylation sites (tertiary alicyclic amines) is 1. The van der Waals surface area contributed by atoms with Crippen molar-refractivity contribution in [2.45, 2.75) is 31.8 Å². The number of aliphatic carboxylic acids is 1. The van der Waals surface area contributed by atoms with Crippen molar-refractivity contribution in [3.8, 4) is 11.3 Å². The summed E-state index contributed by atoms with van der Waals surface area (Å²) in [6, 6.07) is 24.2. The smallest absolute Gasteiger partial charge is 0.305 e. The molecule has 6 nitrogen and oxygen atoms in total. The summed E-state index contributed by atoms with van der Waals surface area (Å²) in [5.41, 5.74) is 7.14. The van der Waals surface area contributed by atoms with Gasteiger partial charge >= 0.3 is 5.97 Å². The van der Waals surface area contributed by atoms with Gasteiger partial charge < -0.3 is 14.7 Å². The number of ether oxygens (including phenoxy) is 1. The highest BCUT2D eigenvalue weighted by Crippen LogP contribution is 2.32. The molecule has 38 heavy (non-hydrogen) atoms. The van der Waals surface area contributed by atoms with Crippen molar-refractivity contribution in [3.05, 3.63) is 101 Å². The molecule has 0 bridgehead atoms. The van der Waals surface area contributed by atoms with Gasteiger partial charge in [0.25, 0.3) is 0 Å². The van der Waals surface area contributed by atoms with Crippen LogP contribution in [0.1, 0.15) is 42.0 Å². The third-order valence-corrected chi connectivity index (χ3v) is 7.29. The van der Waals surface area contributed by atoms with Gasteiger partial charge in [0.2, 0.25) is 0 Å². The molecule has 2 heterocycles. The Bertz CT molecular complexity index is 1430. The van der Waals surface area contributed by atoms with Crippen LogP contribution in [0.2, 0.25) is 5.02 Å². The fourth-order valence-corrected chi connectivity index (χ4v) is 5.05. The molecule has 194 valence electrons. The highest BCUT2D eigenvalue weighted by molar-refractivity contribution is 6.30. The van der Waals surface area contributed by atoms with Crippen LogP contribution in [0.5, 0.6) is 0 Å². The number of rotatable bonds is 9. The Labute approximate surface area is 227 Å². The molecule has 0 unspecified atom stereocenters. The van der Waals surface area contributed by atoms with Gasteiger partial charge in [0, 0.05) is 29.4 Å². The lowest BCUT2D eigenvalue weighted by Crippen LogP contribution is -2.31. The minimum Gasteiger partial charge on any atom is -0.481 e. The molecule has 1 saturated heterocycles. The maximum atomic E-state index is 10.9. The number of carbonyl (C=O) groups is 1. The van der Waals surface area contributed by atoms with Crippen LogP contribution in [0.4, 0.5) is 0 Å². The summed E-state index contributed by atoms with van der Waals surface area (Å²) in [7, 11) is 0. The van der Waals surface area contributed by atoms with E-state index in [4.69, 9.17) is 31.4 Å². The molecule has 1 N–H and O–H groups in total. The number of benzene rings is 3. The molecule has 4 aromatic rings. The zero-order valence-electron chi connectivity index (χ0n) is 21.1. The highest BCUT2D eigenvalue weighted by atomic mass is 35.5. The molecule has 0 radical (unpaired) electrons. The summed E-state index contributed by atoms with van der Waals surface area (Å²) in [5.74, 6) is -0.318. The van der Waals surface area contributed by atoms with Crippen molar-refractivity contribution in [2.75, 3.05) is 19.7 Å². The molecule has 5 rings (SSSR count). The Morgan fingerprint density at radius 1 is 1.00 bits per heavy atom. The van der Waals surface area contributed by atoms with E-state index in [1.165, 1.54) is 5.56 Å². The molecule has 3 aromatic carbocycles. The molecule has 0 aliphatic carbocycles. The second kappa shape index (κ2) is 11.8. The third-order valence-electron chi connectivity index (χ3n) is 7.03. The SMILES string of the molecule is C=C(c1ccc2nc(-c3ccc(Cl)cc3)c(COCCC(=O)O)nc2c1)N1CCC(c2ccccc2)CC1. The molecule has 0 saturated carbocycles. The van der Waals surface area contributed by atoms with Crippen LogP contribution >= 0.6 is 11.6 Å². The number of halogens is 1. The van der Waals surface area contributed by atoms with Crippen molar-refractivity contribution in [1.29, 1.82) is 0 Å².